The van der Waals surface area contributed by atoms with E-state index in [4.69, 9.17) is 4.79 Å². The first-order valence-corrected chi connectivity index (χ1v) is 6.31. The monoisotopic (exact) mass is 227 g/mol. The number of amides is 1. The molecule has 0 radical (unpaired) electrons. The Morgan fingerprint density at radius 1 is 1.25 bits per heavy atom. The standard InChI is InChI=1S/C11H22N2.CH3NO/c1-3-11(4-2)10(9-13-11)5-7-12-8-6-10;2-1-3/h12-13H,3-9H2,1-2H3;1H,(H2,2,3). The Morgan fingerprint density at radius 3 is 2.06 bits per heavy atom. The van der Waals surface area contributed by atoms with Crippen LogP contribution in [0.4, 0.5) is 0 Å². The molecule has 2 aliphatic heterocycles. The molecule has 16 heavy (non-hydrogen) atoms. The number of piperidine rings is 1. The molecule has 0 atom stereocenters. The van der Waals surface area contributed by atoms with E-state index in [0.717, 1.165) is 0 Å². The van der Waals surface area contributed by atoms with Gasteiger partial charge >= 0.3 is 0 Å². The van der Waals surface area contributed by atoms with Crippen LogP contribution < -0.4 is 16.4 Å². The summed E-state index contributed by atoms with van der Waals surface area (Å²) >= 11 is 0. The first-order valence-electron chi connectivity index (χ1n) is 6.31. The third-order valence-electron chi connectivity index (χ3n) is 4.55. The van der Waals surface area contributed by atoms with E-state index in [1.165, 1.54) is 45.3 Å². The van der Waals surface area contributed by atoms with Crippen molar-refractivity contribution in [1.29, 1.82) is 0 Å². The van der Waals surface area contributed by atoms with E-state index < -0.39 is 0 Å². The summed E-state index contributed by atoms with van der Waals surface area (Å²) < 4.78 is 0. The van der Waals surface area contributed by atoms with Gasteiger partial charge in [0, 0.05) is 17.5 Å². The van der Waals surface area contributed by atoms with Crippen LogP contribution in [0, 0.1) is 5.41 Å². The molecule has 0 aromatic heterocycles. The van der Waals surface area contributed by atoms with Gasteiger partial charge in [-0.25, -0.2) is 0 Å². The van der Waals surface area contributed by atoms with Crippen molar-refractivity contribution in [3.8, 4) is 0 Å². The first-order chi connectivity index (χ1) is 7.70. The van der Waals surface area contributed by atoms with Gasteiger partial charge in [0.05, 0.1) is 0 Å². The fourth-order valence-electron chi connectivity index (χ4n) is 3.40. The van der Waals surface area contributed by atoms with Crippen LogP contribution in [-0.2, 0) is 4.79 Å². The van der Waals surface area contributed by atoms with Gasteiger partial charge in [-0.1, -0.05) is 13.8 Å². The summed E-state index contributed by atoms with van der Waals surface area (Å²) in [5.74, 6) is 0. The number of primary amides is 1. The summed E-state index contributed by atoms with van der Waals surface area (Å²) in [5.41, 5.74) is 5.29. The summed E-state index contributed by atoms with van der Waals surface area (Å²) in [6, 6.07) is 0. The van der Waals surface area contributed by atoms with Crippen LogP contribution in [0.3, 0.4) is 0 Å². The molecule has 0 aromatic carbocycles. The molecule has 2 heterocycles. The van der Waals surface area contributed by atoms with Gasteiger partial charge in [0.2, 0.25) is 6.41 Å². The largest absolute Gasteiger partial charge is 0.372 e. The van der Waals surface area contributed by atoms with Crippen molar-refractivity contribution >= 4 is 6.41 Å². The zero-order valence-corrected chi connectivity index (χ0v) is 10.5. The molecule has 1 spiro atoms. The lowest BCUT2D eigenvalue weighted by molar-refractivity contribution is -0.106. The number of nitrogens with one attached hydrogen (secondary N) is 2. The molecule has 94 valence electrons. The Hall–Kier alpha value is -0.610. The lowest BCUT2D eigenvalue weighted by atomic mass is 9.56. The summed E-state index contributed by atoms with van der Waals surface area (Å²) in [6.45, 7) is 8.38. The first kappa shape index (κ1) is 13.5. The number of rotatable bonds is 2. The molecule has 2 aliphatic rings. The van der Waals surface area contributed by atoms with Crippen molar-refractivity contribution < 1.29 is 4.79 Å². The Morgan fingerprint density at radius 2 is 1.75 bits per heavy atom. The molecule has 0 aromatic rings. The SMILES string of the molecule is CCC1(CC)NCC12CCNCC2.NC=O. The molecule has 1 amide bonds. The van der Waals surface area contributed by atoms with E-state index >= 15 is 0 Å². The van der Waals surface area contributed by atoms with E-state index in [0.29, 0.717) is 11.0 Å². The Bertz CT molecular complexity index is 215. The average Bonchev–Trinajstić information content (AvgIpc) is 2.32. The van der Waals surface area contributed by atoms with Crippen LogP contribution in [0.1, 0.15) is 39.5 Å². The predicted molar refractivity (Wildman–Crippen MR) is 66.1 cm³/mol. The van der Waals surface area contributed by atoms with Crippen LogP contribution >= 0.6 is 0 Å². The van der Waals surface area contributed by atoms with Crippen LogP contribution in [0.2, 0.25) is 0 Å². The van der Waals surface area contributed by atoms with Gasteiger partial charge < -0.3 is 16.4 Å². The van der Waals surface area contributed by atoms with Crippen molar-refractivity contribution in [3.63, 3.8) is 0 Å². The predicted octanol–water partition coefficient (Wildman–Crippen LogP) is 0.620. The number of hydrogen-bond acceptors (Lipinski definition) is 3. The quantitative estimate of drug-likeness (QED) is 0.606. The highest BCUT2D eigenvalue weighted by atomic mass is 16.1. The van der Waals surface area contributed by atoms with Gasteiger partial charge in [0.15, 0.2) is 0 Å². The summed E-state index contributed by atoms with van der Waals surface area (Å²) in [4.78, 5) is 8.58. The highest BCUT2D eigenvalue weighted by Crippen LogP contribution is 2.49. The van der Waals surface area contributed by atoms with Crippen molar-refractivity contribution in [2.45, 2.75) is 45.1 Å². The maximum Gasteiger partial charge on any atom is 0.204 e. The van der Waals surface area contributed by atoms with Crippen molar-refractivity contribution in [3.05, 3.63) is 0 Å². The second kappa shape index (κ2) is 5.64. The molecule has 0 aliphatic carbocycles. The van der Waals surface area contributed by atoms with Gasteiger partial charge in [0.1, 0.15) is 0 Å². The number of carbonyl (C=O) groups excluding carboxylic acids is 1. The molecular weight excluding hydrogens is 202 g/mol. The van der Waals surface area contributed by atoms with Crippen LogP contribution in [0.15, 0.2) is 0 Å². The van der Waals surface area contributed by atoms with Gasteiger partial charge in [-0.2, -0.15) is 0 Å². The molecular formula is C12H25N3O. The van der Waals surface area contributed by atoms with Crippen LogP contribution in [-0.4, -0.2) is 31.6 Å². The smallest absolute Gasteiger partial charge is 0.204 e. The Labute approximate surface area is 98.3 Å². The summed E-state index contributed by atoms with van der Waals surface area (Å²) in [6.07, 6.45) is 5.59. The minimum atomic E-state index is 0.250. The number of carbonyl (C=O) groups is 1. The van der Waals surface area contributed by atoms with E-state index in [1.54, 1.807) is 0 Å². The van der Waals surface area contributed by atoms with E-state index in [9.17, 15) is 0 Å². The second-order valence-corrected chi connectivity index (χ2v) is 4.81. The minimum Gasteiger partial charge on any atom is -0.372 e. The molecule has 0 bridgehead atoms. The molecule has 4 N–H and O–H groups in total. The highest BCUT2D eigenvalue weighted by Gasteiger charge is 2.55. The second-order valence-electron chi connectivity index (χ2n) is 4.81. The lowest BCUT2D eigenvalue weighted by Gasteiger charge is -2.62. The Kier molecular flexibility index (Phi) is 4.74. The topological polar surface area (TPSA) is 67.2 Å². The molecule has 4 nitrogen and oxygen atoms in total. The highest BCUT2D eigenvalue weighted by molar-refractivity contribution is 5.42. The third kappa shape index (κ3) is 2.09. The maximum atomic E-state index is 8.58. The van der Waals surface area contributed by atoms with Crippen LogP contribution in [0.25, 0.3) is 0 Å². The molecule has 0 unspecified atom stereocenters. The van der Waals surface area contributed by atoms with Crippen molar-refractivity contribution in [2.24, 2.45) is 11.1 Å². The fourth-order valence-corrected chi connectivity index (χ4v) is 3.40. The zero-order valence-electron chi connectivity index (χ0n) is 10.5. The van der Waals surface area contributed by atoms with Gasteiger partial charge in [-0.3, -0.25) is 4.79 Å². The van der Waals surface area contributed by atoms with Gasteiger partial charge in [-0.15, -0.1) is 0 Å². The molecule has 2 saturated heterocycles. The number of hydrogen-bond donors (Lipinski definition) is 3. The maximum absolute atomic E-state index is 8.58. The van der Waals surface area contributed by atoms with E-state index in [-0.39, 0.29) is 6.41 Å². The van der Waals surface area contributed by atoms with Gasteiger partial charge in [0.25, 0.3) is 0 Å². The normalized spacial score (nSPS) is 25.1. The molecule has 4 heteroatoms. The molecule has 0 saturated carbocycles. The third-order valence-corrected chi connectivity index (χ3v) is 4.55. The van der Waals surface area contributed by atoms with Crippen LogP contribution in [0.5, 0.6) is 0 Å². The lowest BCUT2D eigenvalue weighted by Crippen LogP contribution is -2.74. The summed E-state index contributed by atoms with van der Waals surface area (Å²) in [5, 5.41) is 7.16. The molecule has 2 fully saturated rings. The Balaban J connectivity index is 0.000000386. The van der Waals surface area contributed by atoms with E-state index in [1.807, 2.05) is 0 Å². The number of nitrogens with two attached hydrogens (primary N) is 1. The molecule has 2 rings (SSSR count). The van der Waals surface area contributed by atoms with Crippen molar-refractivity contribution in [1.82, 2.24) is 10.6 Å². The zero-order chi connectivity index (χ0) is 12.1. The van der Waals surface area contributed by atoms with Gasteiger partial charge in [-0.05, 0) is 38.8 Å². The average molecular weight is 227 g/mol. The minimum absolute atomic E-state index is 0.250. The van der Waals surface area contributed by atoms with E-state index in [2.05, 4.69) is 30.2 Å². The van der Waals surface area contributed by atoms with Crippen molar-refractivity contribution in [2.75, 3.05) is 19.6 Å². The fraction of sp³-hybridized carbons (Fsp3) is 0.917. The summed E-state index contributed by atoms with van der Waals surface area (Å²) in [7, 11) is 0.